The van der Waals surface area contributed by atoms with Crippen LogP contribution in [0.5, 0.6) is 0 Å². The van der Waals surface area contributed by atoms with E-state index in [1.165, 1.54) is 38.6 Å². The topological polar surface area (TPSA) is 3.24 Å². The normalized spacial score (nSPS) is 17.4. The monoisotopic (exact) mass is 207 g/mol. The van der Waals surface area contributed by atoms with Gasteiger partial charge in [0.1, 0.15) is 0 Å². The Bertz CT molecular complexity index is 227. The van der Waals surface area contributed by atoms with Crippen LogP contribution in [0.2, 0.25) is 0 Å². The molecule has 1 aliphatic carbocycles. The van der Waals surface area contributed by atoms with Crippen molar-refractivity contribution in [2.75, 3.05) is 6.54 Å². The minimum Gasteiger partial charge on any atom is -0.372 e. The smallest absolute Gasteiger partial charge is 0.0256 e. The molecule has 0 aromatic rings. The molecule has 0 saturated heterocycles. The Morgan fingerprint density at radius 2 is 2.20 bits per heavy atom. The molecule has 0 fully saturated rings. The molecule has 0 aliphatic heterocycles. The maximum Gasteiger partial charge on any atom is 0.0256 e. The average molecular weight is 207 g/mol. The summed E-state index contributed by atoms with van der Waals surface area (Å²) >= 11 is 0. The lowest BCUT2D eigenvalue weighted by Gasteiger charge is -2.33. The second-order valence-electron chi connectivity index (χ2n) is 4.43. The van der Waals surface area contributed by atoms with Gasteiger partial charge in [0.15, 0.2) is 0 Å². The van der Waals surface area contributed by atoms with Gasteiger partial charge in [-0.15, -0.1) is 0 Å². The van der Waals surface area contributed by atoms with E-state index in [0.29, 0.717) is 6.04 Å². The summed E-state index contributed by atoms with van der Waals surface area (Å²) in [4.78, 5) is 2.60. The predicted molar refractivity (Wildman–Crippen MR) is 67.8 cm³/mol. The Kier molecular flexibility index (Phi) is 5.52. The Balaban J connectivity index is 2.61. The highest BCUT2D eigenvalue weighted by molar-refractivity contribution is 5.17. The molecule has 1 aliphatic rings. The van der Waals surface area contributed by atoms with Gasteiger partial charge in [-0.25, -0.2) is 0 Å². The summed E-state index contributed by atoms with van der Waals surface area (Å²) in [5, 5.41) is 0. The second-order valence-corrected chi connectivity index (χ2v) is 4.43. The van der Waals surface area contributed by atoms with E-state index in [1.54, 1.807) is 5.70 Å². The number of hydrogen-bond acceptors (Lipinski definition) is 1. The number of allylic oxidation sites excluding steroid dienone is 4. The maximum absolute atomic E-state index is 2.60. The van der Waals surface area contributed by atoms with Crippen molar-refractivity contribution >= 4 is 0 Å². The van der Waals surface area contributed by atoms with Crippen LogP contribution in [-0.4, -0.2) is 17.5 Å². The Hall–Kier alpha value is -0.720. The molecule has 0 heterocycles. The predicted octanol–water partition coefficient (Wildman–Crippen LogP) is 4.12. The lowest BCUT2D eigenvalue weighted by molar-refractivity contribution is 0.249. The number of unbranched alkanes of at least 4 members (excludes halogenated alkanes) is 1. The molecule has 0 aromatic heterocycles. The molecule has 0 radical (unpaired) electrons. The third-order valence-electron chi connectivity index (χ3n) is 3.24. The van der Waals surface area contributed by atoms with Gasteiger partial charge in [-0.2, -0.15) is 0 Å². The SMILES string of the molecule is CCCCN(C1=CC=CCC1)C(C)CC. The van der Waals surface area contributed by atoms with Crippen LogP contribution in [0.1, 0.15) is 52.9 Å². The van der Waals surface area contributed by atoms with Crippen molar-refractivity contribution in [3.8, 4) is 0 Å². The molecule has 1 unspecified atom stereocenters. The van der Waals surface area contributed by atoms with Crippen molar-refractivity contribution in [1.82, 2.24) is 4.90 Å². The Morgan fingerprint density at radius 3 is 2.73 bits per heavy atom. The van der Waals surface area contributed by atoms with Crippen LogP contribution >= 0.6 is 0 Å². The minimum atomic E-state index is 0.689. The molecule has 0 N–H and O–H groups in total. The van der Waals surface area contributed by atoms with E-state index >= 15 is 0 Å². The average Bonchev–Trinajstić information content (AvgIpc) is 2.30. The summed E-state index contributed by atoms with van der Waals surface area (Å²) in [5.74, 6) is 0. The molecule has 86 valence electrons. The lowest BCUT2D eigenvalue weighted by atomic mass is 10.1. The van der Waals surface area contributed by atoms with E-state index in [4.69, 9.17) is 0 Å². The third kappa shape index (κ3) is 3.73. The van der Waals surface area contributed by atoms with Crippen molar-refractivity contribution in [3.63, 3.8) is 0 Å². The van der Waals surface area contributed by atoms with Gasteiger partial charge in [0, 0.05) is 18.3 Å². The summed E-state index contributed by atoms with van der Waals surface area (Å²) in [6.45, 7) is 8.12. The fourth-order valence-electron chi connectivity index (χ4n) is 2.03. The van der Waals surface area contributed by atoms with Crippen LogP contribution in [0, 0.1) is 0 Å². The Morgan fingerprint density at radius 1 is 1.40 bits per heavy atom. The first-order valence-electron chi connectivity index (χ1n) is 6.41. The van der Waals surface area contributed by atoms with Gasteiger partial charge in [-0.3, -0.25) is 0 Å². The Labute approximate surface area is 94.9 Å². The molecule has 1 heteroatoms. The highest BCUT2D eigenvalue weighted by Crippen LogP contribution is 2.21. The third-order valence-corrected chi connectivity index (χ3v) is 3.24. The maximum atomic E-state index is 2.60. The number of hydrogen-bond donors (Lipinski definition) is 0. The van der Waals surface area contributed by atoms with Crippen molar-refractivity contribution < 1.29 is 0 Å². The van der Waals surface area contributed by atoms with Crippen molar-refractivity contribution in [2.24, 2.45) is 0 Å². The van der Waals surface area contributed by atoms with Gasteiger partial charge in [0.25, 0.3) is 0 Å². The second kappa shape index (κ2) is 6.71. The summed E-state index contributed by atoms with van der Waals surface area (Å²) < 4.78 is 0. The fourth-order valence-corrected chi connectivity index (χ4v) is 2.03. The largest absolute Gasteiger partial charge is 0.372 e. The van der Waals surface area contributed by atoms with Crippen molar-refractivity contribution in [3.05, 3.63) is 23.9 Å². The van der Waals surface area contributed by atoms with Crippen LogP contribution in [0.25, 0.3) is 0 Å². The summed E-state index contributed by atoms with van der Waals surface area (Å²) in [5.41, 5.74) is 1.54. The highest BCUT2D eigenvalue weighted by atomic mass is 15.2. The molecule has 0 saturated carbocycles. The fraction of sp³-hybridized carbons (Fsp3) is 0.714. The number of rotatable bonds is 6. The van der Waals surface area contributed by atoms with Gasteiger partial charge < -0.3 is 4.90 Å². The molecule has 0 amide bonds. The molecule has 0 bridgehead atoms. The van der Waals surface area contributed by atoms with Gasteiger partial charge in [-0.05, 0) is 38.7 Å². The van der Waals surface area contributed by atoms with Gasteiger partial charge in [0.2, 0.25) is 0 Å². The summed E-state index contributed by atoms with van der Waals surface area (Å²) in [6.07, 6.45) is 13.0. The summed E-state index contributed by atoms with van der Waals surface area (Å²) in [7, 11) is 0. The molecular formula is C14H25N. The quantitative estimate of drug-likeness (QED) is 0.633. The number of nitrogens with zero attached hydrogens (tertiary/aromatic N) is 1. The van der Waals surface area contributed by atoms with Crippen LogP contribution < -0.4 is 0 Å². The van der Waals surface area contributed by atoms with Gasteiger partial charge >= 0.3 is 0 Å². The van der Waals surface area contributed by atoms with Crippen LogP contribution in [0.4, 0.5) is 0 Å². The lowest BCUT2D eigenvalue weighted by Crippen LogP contribution is -2.33. The molecule has 15 heavy (non-hydrogen) atoms. The van der Waals surface area contributed by atoms with E-state index in [9.17, 15) is 0 Å². The zero-order valence-electron chi connectivity index (χ0n) is 10.5. The first-order valence-corrected chi connectivity index (χ1v) is 6.41. The zero-order chi connectivity index (χ0) is 11.1. The molecule has 1 rings (SSSR count). The first kappa shape index (κ1) is 12.4. The van der Waals surface area contributed by atoms with Crippen LogP contribution in [0.15, 0.2) is 23.9 Å². The molecule has 0 spiro atoms. The zero-order valence-corrected chi connectivity index (χ0v) is 10.5. The summed E-state index contributed by atoms with van der Waals surface area (Å²) in [6, 6.07) is 0.689. The standard InChI is InChI=1S/C14H25N/c1-4-6-12-15(13(3)5-2)14-10-8-7-9-11-14/h7-8,10,13H,4-6,9,11-12H2,1-3H3. The van der Waals surface area contributed by atoms with Crippen LogP contribution in [-0.2, 0) is 0 Å². The first-order chi connectivity index (χ1) is 7.29. The molecule has 1 nitrogen and oxygen atoms in total. The van der Waals surface area contributed by atoms with Crippen LogP contribution in [0.3, 0.4) is 0 Å². The van der Waals surface area contributed by atoms with Gasteiger partial charge in [0.05, 0.1) is 0 Å². The van der Waals surface area contributed by atoms with E-state index in [2.05, 4.69) is 43.9 Å². The van der Waals surface area contributed by atoms with E-state index in [1.807, 2.05) is 0 Å². The van der Waals surface area contributed by atoms with E-state index < -0.39 is 0 Å². The molecular weight excluding hydrogens is 182 g/mol. The van der Waals surface area contributed by atoms with Crippen molar-refractivity contribution in [2.45, 2.75) is 58.9 Å². The van der Waals surface area contributed by atoms with Gasteiger partial charge in [-0.1, -0.05) is 32.4 Å². The molecule has 1 atom stereocenters. The minimum absolute atomic E-state index is 0.689. The van der Waals surface area contributed by atoms with E-state index in [0.717, 1.165) is 0 Å². The van der Waals surface area contributed by atoms with E-state index in [-0.39, 0.29) is 0 Å². The highest BCUT2D eigenvalue weighted by Gasteiger charge is 2.14. The van der Waals surface area contributed by atoms with Crippen molar-refractivity contribution in [1.29, 1.82) is 0 Å². The molecule has 0 aromatic carbocycles.